The van der Waals surface area contributed by atoms with Crippen LogP contribution in [0.5, 0.6) is 5.75 Å². The van der Waals surface area contributed by atoms with Gasteiger partial charge in [-0.3, -0.25) is 13.9 Å². The van der Waals surface area contributed by atoms with E-state index < -0.39 is 21.8 Å². The van der Waals surface area contributed by atoms with Gasteiger partial charge in [0.15, 0.2) is 0 Å². The summed E-state index contributed by atoms with van der Waals surface area (Å²) in [4.78, 5) is 25.2. The van der Waals surface area contributed by atoms with Crippen molar-refractivity contribution in [3.8, 4) is 5.75 Å². The second kappa shape index (κ2) is 9.56. The number of carbonyl (C=O) groups excluding carboxylic acids is 2. The highest BCUT2D eigenvalue weighted by atomic mass is 32.2. The Morgan fingerprint density at radius 1 is 0.941 bits per heavy atom. The summed E-state index contributed by atoms with van der Waals surface area (Å²) in [7, 11) is -2.31. The third-order valence-electron chi connectivity index (χ3n) is 5.59. The number of aryl methyl sites for hydroxylation is 2. The number of amides is 2. The molecule has 1 aliphatic heterocycles. The molecule has 0 fully saturated rings. The maximum atomic E-state index is 13.3. The maximum absolute atomic E-state index is 13.3. The first kappa shape index (κ1) is 23.3. The highest BCUT2D eigenvalue weighted by Crippen LogP contribution is 2.34. The van der Waals surface area contributed by atoms with E-state index >= 15 is 0 Å². The van der Waals surface area contributed by atoms with Crippen LogP contribution in [-0.4, -0.2) is 33.9 Å². The van der Waals surface area contributed by atoms with Crippen LogP contribution in [0.2, 0.25) is 0 Å². The van der Waals surface area contributed by atoms with Crippen LogP contribution in [0.25, 0.3) is 0 Å². The Morgan fingerprint density at radius 2 is 1.65 bits per heavy atom. The third kappa shape index (κ3) is 4.74. The van der Waals surface area contributed by atoms with Gasteiger partial charge in [-0.15, -0.1) is 0 Å². The van der Waals surface area contributed by atoms with Crippen molar-refractivity contribution in [1.82, 2.24) is 0 Å². The Labute approximate surface area is 198 Å². The molecule has 0 aliphatic carbocycles. The molecule has 9 heteroatoms. The van der Waals surface area contributed by atoms with Crippen molar-refractivity contribution in [2.45, 2.75) is 24.7 Å². The van der Waals surface area contributed by atoms with E-state index in [1.165, 1.54) is 11.4 Å². The van der Waals surface area contributed by atoms with Crippen molar-refractivity contribution in [3.05, 3.63) is 77.9 Å². The summed E-state index contributed by atoms with van der Waals surface area (Å²) in [6.45, 7) is 2.22. The number of anilines is 3. The zero-order chi connectivity index (χ0) is 24.3. The van der Waals surface area contributed by atoms with Crippen molar-refractivity contribution in [2.75, 3.05) is 28.6 Å². The maximum Gasteiger partial charge on any atom is 0.314 e. The van der Waals surface area contributed by atoms with Crippen molar-refractivity contribution in [3.63, 3.8) is 0 Å². The van der Waals surface area contributed by atoms with Gasteiger partial charge in [0, 0.05) is 12.2 Å². The highest BCUT2D eigenvalue weighted by Gasteiger charge is 2.29. The molecule has 0 radical (unpaired) electrons. The van der Waals surface area contributed by atoms with Gasteiger partial charge in [0.1, 0.15) is 5.75 Å². The van der Waals surface area contributed by atoms with Crippen molar-refractivity contribution < 1.29 is 22.7 Å². The average Bonchev–Trinajstić information content (AvgIpc) is 2.84. The monoisotopic (exact) mass is 479 g/mol. The fourth-order valence-corrected chi connectivity index (χ4v) is 5.35. The Balaban J connectivity index is 1.56. The summed E-state index contributed by atoms with van der Waals surface area (Å²) in [5.74, 6) is -1.32. The van der Waals surface area contributed by atoms with Gasteiger partial charge < -0.3 is 15.4 Å². The quantitative estimate of drug-likeness (QED) is 0.543. The molecular formula is C25H25N3O5S. The van der Waals surface area contributed by atoms with Gasteiger partial charge in [0.2, 0.25) is 0 Å². The first-order chi connectivity index (χ1) is 16.3. The predicted molar refractivity (Wildman–Crippen MR) is 131 cm³/mol. The number of hydrogen-bond acceptors (Lipinski definition) is 5. The molecule has 176 valence electrons. The van der Waals surface area contributed by atoms with E-state index in [-0.39, 0.29) is 4.90 Å². The first-order valence-corrected chi connectivity index (χ1v) is 12.2. The van der Waals surface area contributed by atoms with E-state index in [9.17, 15) is 18.0 Å². The van der Waals surface area contributed by atoms with E-state index in [0.29, 0.717) is 35.8 Å². The number of nitrogens with one attached hydrogen (secondary N) is 2. The van der Waals surface area contributed by atoms with E-state index in [1.807, 2.05) is 6.92 Å². The Morgan fingerprint density at radius 3 is 2.38 bits per heavy atom. The summed E-state index contributed by atoms with van der Waals surface area (Å²) in [5, 5.41) is 5.08. The molecule has 0 spiro atoms. The van der Waals surface area contributed by atoms with E-state index in [1.54, 1.807) is 66.7 Å². The molecular weight excluding hydrogens is 454 g/mol. The standard InChI is InChI=1S/C25H25N3O5S/c1-17-9-13-20(14-10-17)34(31,32)28-15-5-6-18-11-12-19(16-22(18)28)26-24(29)25(30)27-21-7-3-4-8-23(21)33-2/h3-4,7-14,16H,5-6,15H2,1-2H3,(H,26,29)(H,27,30). The molecule has 0 unspecified atom stereocenters. The molecule has 1 aliphatic rings. The predicted octanol–water partition coefficient (Wildman–Crippen LogP) is 3.72. The van der Waals surface area contributed by atoms with Gasteiger partial charge in [-0.1, -0.05) is 35.9 Å². The summed E-state index contributed by atoms with van der Waals surface area (Å²) in [6.07, 6.45) is 1.41. The Hall–Kier alpha value is -3.85. The molecule has 8 nitrogen and oxygen atoms in total. The highest BCUT2D eigenvalue weighted by molar-refractivity contribution is 7.92. The summed E-state index contributed by atoms with van der Waals surface area (Å²) >= 11 is 0. The Bertz CT molecular complexity index is 1340. The molecule has 0 bridgehead atoms. The number of para-hydroxylation sites is 2. The van der Waals surface area contributed by atoms with Gasteiger partial charge in [0.05, 0.1) is 23.4 Å². The lowest BCUT2D eigenvalue weighted by Gasteiger charge is -2.31. The zero-order valence-corrected chi connectivity index (χ0v) is 19.7. The fraction of sp³-hybridized carbons (Fsp3) is 0.200. The lowest BCUT2D eigenvalue weighted by Crippen LogP contribution is -2.35. The smallest absolute Gasteiger partial charge is 0.314 e. The number of nitrogens with zero attached hydrogens (tertiary/aromatic N) is 1. The molecule has 3 aromatic rings. The van der Waals surface area contributed by atoms with Crippen molar-refractivity contribution in [1.29, 1.82) is 0 Å². The molecule has 1 heterocycles. The van der Waals surface area contributed by atoms with Gasteiger partial charge in [-0.05, 0) is 61.7 Å². The van der Waals surface area contributed by atoms with Crippen molar-refractivity contribution >= 4 is 38.9 Å². The molecule has 4 rings (SSSR count). The number of carbonyl (C=O) groups is 2. The molecule has 0 saturated carbocycles. The number of ether oxygens (including phenoxy) is 1. The molecule has 0 aromatic heterocycles. The summed E-state index contributed by atoms with van der Waals surface area (Å²) < 4.78 is 33.2. The van der Waals surface area contributed by atoms with Gasteiger partial charge >= 0.3 is 11.8 Å². The fourth-order valence-electron chi connectivity index (χ4n) is 3.82. The largest absolute Gasteiger partial charge is 0.495 e. The summed E-state index contributed by atoms with van der Waals surface area (Å²) in [5.41, 5.74) is 3.01. The number of sulfonamides is 1. The van der Waals surface area contributed by atoms with Gasteiger partial charge in [-0.2, -0.15) is 0 Å². The topological polar surface area (TPSA) is 105 Å². The molecule has 0 atom stereocenters. The molecule has 0 saturated heterocycles. The minimum Gasteiger partial charge on any atom is -0.495 e. The van der Waals surface area contributed by atoms with E-state index in [2.05, 4.69) is 10.6 Å². The number of rotatable bonds is 5. The van der Waals surface area contributed by atoms with Crippen LogP contribution >= 0.6 is 0 Å². The minimum atomic E-state index is -3.77. The van der Waals surface area contributed by atoms with E-state index in [4.69, 9.17) is 4.74 Å². The van der Waals surface area contributed by atoms with Crippen LogP contribution in [0.1, 0.15) is 17.5 Å². The first-order valence-electron chi connectivity index (χ1n) is 10.8. The number of hydrogen-bond donors (Lipinski definition) is 2. The minimum absolute atomic E-state index is 0.205. The molecule has 3 aromatic carbocycles. The van der Waals surface area contributed by atoms with Gasteiger partial charge in [0.25, 0.3) is 10.0 Å². The lowest BCUT2D eigenvalue weighted by atomic mass is 10.0. The van der Waals surface area contributed by atoms with Crippen LogP contribution in [-0.2, 0) is 26.0 Å². The zero-order valence-electron chi connectivity index (χ0n) is 18.9. The van der Waals surface area contributed by atoms with Crippen LogP contribution in [0.4, 0.5) is 17.1 Å². The van der Waals surface area contributed by atoms with E-state index in [0.717, 1.165) is 17.5 Å². The number of benzene rings is 3. The number of methoxy groups -OCH3 is 1. The van der Waals surface area contributed by atoms with Crippen LogP contribution in [0, 0.1) is 6.92 Å². The van der Waals surface area contributed by atoms with Gasteiger partial charge in [-0.25, -0.2) is 8.42 Å². The van der Waals surface area contributed by atoms with Crippen LogP contribution in [0.15, 0.2) is 71.6 Å². The SMILES string of the molecule is COc1ccccc1NC(=O)C(=O)Nc1ccc2c(c1)N(S(=O)(=O)c1ccc(C)cc1)CCC2. The molecule has 2 amide bonds. The second-order valence-electron chi connectivity index (χ2n) is 7.95. The lowest BCUT2D eigenvalue weighted by molar-refractivity contribution is -0.133. The number of fused-ring (bicyclic) bond motifs is 1. The Kier molecular flexibility index (Phi) is 6.56. The molecule has 2 N–H and O–H groups in total. The third-order valence-corrected chi connectivity index (χ3v) is 7.42. The average molecular weight is 480 g/mol. The molecule has 34 heavy (non-hydrogen) atoms. The summed E-state index contributed by atoms with van der Waals surface area (Å²) in [6, 6.07) is 18.5. The van der Waals surface area contributed by atoms with Crippen LogP contribution < -0.4 is 19.7 Å². The van der Waals surface area contributed by atoms with Crippen LogP contribution in [0.3, 0.4) is 0 Å². The van der Waals surface area contributed by atoms with Crippen molar-refractivity contribution in [2.24, 2.45) is 0 Å². The normalized spacial score (nSPS) is 13.1. The second-order valence-corrected chi connectivity index (χ2v) is 9.81.